The lowest BCUT2D eigenvalue weighted by Gasteiger charge is -2.22. The first-order valence-electron chi connectivity index (χ1n) is 6.41. The number of nitrogens with one attached hydrogen (secondary N) is 3. The van der Waals surface area contributed by atoms with Crippen molar-refractivity contribution in [2.24, 2.45) is 0 Å². The number of ether oxygens (including phenoxy) is 1. The number of rotatable bonds is 4. The van der Waals surface area contributed by atoms with E-state index in [1.54, 1.807) is 20.8 Å². The Bertz CT molecular complexity index is 610. The van der Waals surface area contributed by atoms with Crippen LogP contribution in [-0.2, 0) is 20.7 Å². The van der Waals surface area contributed by atoms with E-state index in [2.05, 4.69) is 10.3 Å². The molecule has 0 bridgehead atoms. The van der Waals surface area contributed by atoms with Crippen LogP contribution in [0, 0.1) is 0 Å². The summed E-state index contributed by atoms with van der Waals surface area (Å²) in [4.78, 5) is 50.0. The van der Waals surface area contributed by atoms with Gasteiger partial charge in [0.2, 0.25) is 5.91 Å². The lowest BCUT2D eigenvalue weighted by atomic mass is 10.2. The van der Waals surface area contributed by atoms with Gasteiger partial charge in [0, 0.05) is 11.8 Å². The highest BCUT2D eigenvalue weighted by Gasteiger charge is 2.23. The first-order valence-corrected chi connectivity index (χ1v) is 6.41. The molecule has 1 aromatic rings. The first-order chi connectivity index (χ1) is 9.56. The highest BCUT2D eigenvalue weighted by Crippen LogP contribution is 2.08. The number of esters is 1. The largest absolute Gasteiger partial charge is 0.458 e. The molecule has 1 amide bonds. The molecular formula is C13H19N3O5. The Morgan fingerprint density at radius 2 is 1.90 bits per heavy atom. The zero-order chi connectivity index (χ0) is 16.2. The van der Waals surface area contributed by atoms with Crippen LogP contribution in [0.5, 0.6) is 0 Å². The molecule has 0 saturated heterocycles. The third kappa shape index (κ3) is 6.07. The van der Waals surface area contributed by atoms with Crippen LogP contribution in [0.15, 0.2) is 15.7 Å². The standard InChI is InChI=1S/C13H19N3O5/c1-7(11(19)21-13(2,3)4)14-9(17)5-8-6-10(18)16-12(20)15-8/h6-7H,5H2,1-4H3,(H,14,17)(H2,15,16,18,20)/t7-/m0/s1. The Morgan fingerprint density at radius 3 is 2.43 bits per heavy atom. The Labute approximate surface area is 120 Å². The summed E-state index contributed by atoms with van der Waals surface area (Å²) in [6, 6.07) is 0.282. The van der Waals surface area contributed by atoms with Gasteiger partial charge < -0.3 is 15.0 Å². The monoisotopic (exact) mass is 297 g/mol. The molecule has 1 aromatic heterocycles. The van der Waals surface area contributed by atoms with Gasteiger partial charge in [0.05, 0.1) is 6.42 Å². The molecular weight excluding hydrogens is 278 g/mol. The van der Waals surface area contributed by atoms with Crippen molar-refractivity contribution >= 4 is 11.9 Å². The van der Waals surface area contributed by atoms with E-state index >= 15 is 0 Å². The number of aromatic amines is 2. The quantitative estimate of drug-likeness (QED) is 0.644. The van der Waals surface area contributed by atoms with E-state index in [0.717, 1.165) is 6.07 Å². The van der Waals surface area contributed by atoms with Crippen molar-refractivity contribution in [3.8, 4) is 0 Å². The zero-order valence-corrected chi connectivity index (χ0v) is 12.4. The van der Waals surface area contributed by atoms with E-state index in [9.17, 15) is 19.2 Å². The Morgan fingerprint density at radius 1 is 1.29 bits per heavy atom. The number of hydrogen-bond donors (Lipinski definition) is 3. The van der Waals surface area contributed by atoms with Gasteiger partial charge in [0.25, 0.3) is 5.56 Å². The van der Waals surface area contributed by atoms with Crippen molar-refractivity contribution in [2.45, 2.75) is 45.8 Å². The fourth-order valence-electron chi connectivity index (χ4n) is 1.53. The molecule has 1 heterocycles. The van der Waals surface area contributed by atoms with Gasteiger partial charge in [-0.1, -0.05) is 0 Å². The highest BCUT2D eigenvalue weighted by molar-refractivity contribution is 5.85. The van der Waals surface area contributed by atoms with Gasteiger partial charge in [-0.3, -0.25) is 14.6 Å². The molecule has 0 radical (unpaired) electrons. The topological polar surface area (TPSA) is 121 Å². The summed E-state index contributed by atoms with van der Waals surface area (Å²) in [5.41, 5.74) is -1.77. The average Bonchev–Trinajstić information content (AvgIpc) is 2.24. The van der Waals surface area contributed by atoms with Crippen molar-refractivity contribution < 1.29 is 14.3 Å². The highest BCUT2D eigenvalue weighted by atomic mass is 16.6. The van der Waals surface area contributed by atoms with Crippen molar-refractivity contribution in [3.05, 3.63) is 32.6 Å². The molecule has 116 valence electrons. The molecule has 1 atom stereocenters. The maximum absolute atomic E-state index is 11.8. The SMILES string of the molecule is C[C@H](NC(=O)Cc1cc(=O)[nH]c(=O)[nH]1)C(=O)OC(C)(C)C. The van der Waals surface area contributed by atoms with Crippen LogP contribution in [-0.4, -0.2) is 33.5 Å². The number of carbonyl (C=O) groups is 2. The van der Waals surface area contributed by atoms with Crippen LogP contribution in [0.4, 0.5) is 0 Å². The van der Waals surface area contributed by atoms with E-state index in [1.807, 2.05) is 4.98 Å². The Hall–Kier alpha value is -2.38. The van der Waals surface area contributed by atoms with Crippen LogP contribution >= 0.6 is 0 Å². The summed E-state index contributed by atoms with van der Waals surface area (Å²) in [6.07, 6.45) is -0.216. The van der Waals surface area contributed by atoms with Crippen LogP contribution in [0.3, 0.4) is 0 Å². The lowest BCUT2D eigenvalue weighted by molar-refractivity contribution is -0.158. The number of hydrogen-bond acceptors (Lipinski definition) is 5. The van der Waals surface area contributed by atoms with Crippen LogP contribution in [0.25, 0.3) is 0 Å². The molecule has 8 heteroatoms. The molecule has 0 saturated carbocycles. The second-order valence-electron chi connectivity index (χ2n) is 5.61. The van der Waals surface area contributed by atoms with Gasteiger partial charge >= 0.3 is 11.7 Å². The Balaban J connectivity index is 2.63. The van der Waals surface area contributed by atoms with Gasteiger partial charge in [0.1, 0.15) is 11.6 Å². The second kappa shape index (κ2) is 6.38. The third-order valence-corrected chi connectivity index (χ3v) is 2.30. The van der Waals surface area contributed by atoms with Gasteiger partial charge in [0.15, 0.2) is 0 Å². The summed E-state index contributed by atoms with van der Waals surface area (Å²) in [5.74, 6) is -1.06. The molecule has 0 aliphatic carbocycles. The average molecular weight is 297 g/mol. The number of amides is 1. The van der Waals surface area contributed by atoms with Crippen LogP contribution < -0.4 is 16.6 Å². The molecule has 0 aromatic carbocycles. The molecule has 3 N–H and O–H groups in total. The molecule has 0 aliphatic rings. The van der Waals surface area contributed by atoms with Crippen molar-refractivity contribution in [2.75, 3.05) is 0 Å². The summed E-state index contributed by atoms with van der Waals surface area (Å²) >= 11 is 0. The molecule has 8 nitrogen and oxygen atoms in total. The maximum atomic E-state index is 11.8. The minimum absolute atomic E-state index is 0.164. The normalized spacial score (nSPS) is 12.6. The predicted molar refractivity (Wildman–Crippen MR) is 74.8 cm³/mol. The Kier molecular flexibility index (Phi) is 5.07. The van der Waals surface area contributed by atoms with Crippen molar-refractivity contribution in [1.29, 1.82) is 0 Å². The van der Waals surface area contributed by atoms with E-state index < -0.39 is 34.8 Å². The van der Waals surface area contributed by atoms with Crippen molar-refractivity contribution in [3.63, 3.8) is 0 Å². The number of aromatic nitrogens is 2. The van der Waals surface area contributed by atoms with Crippen molar-refractivity contribution in [1.82, 2.24) is 15.3 Å². The first kappa shape index (κ1) is 16.7. The molecule has 0 spiro atoms. The smallest absolute Gasteiger partial charge is 0.328 e. The van der Waals surface area contributed by atoms with E-state index in [4.69, 9.17) is 4.74 Å². The third-order valence-electron chi connectivity index (χ3n) is 2.30. The number of carbonyl (C=O) groups excluding carboxylic acids is 2. The molecule has 0 fully saturated rings. The van der Waals surface area contributed by atoms with Gasteiger partial charge in [-0.05, 0) is 27.7 Å². The molecule has 0 aliphatic heterocycles. The summed E-state index contributed by atoms with van der Waals surface area (Å²) in [6.45, 7) is 6.66. The van der Waals surface area contributed by atoms with Crippen LogP contribution in [0.2, 0.25) is 0 Å². The van der Waals surface area contributed by atoms with E-state index in [-0.39, 0.29) is 12.1 Å². The van der Waals surface area contributed by atoms with Gasteiger partial charge in [-0.15, -0.1) is 0 Å². The van der Waals surface area contributed by atoms with Crippen LogP contribution in [0.1, 0.15) is 33.4 Å². The molecule has 1 rings (SSSR count). The minimum atomic E-state index is -0.828. The lowest BCUT2D eigenvalue weighted by Crippen LogP contribution is -2.43. The van der Waals surface area contributed by atoms with E-state index in [0.29, 0.717) is 0 Å². The fraction of sp³-hybridized carbons (Fsp3) is 0.538. The summed E-state index contributed by atoms with van der Waals surface area (Å²) in [7, 11) is 0. The minimum Gasteiger partial charge on any atom is -0.458 e. The molecule has 21 heavy (non-hydrogen) atoms. The zero-order valence-electron chi connectivity index (χ0n) is 12.4. The van der Waals surface area contributed by atoms with E-state index in [1.165, 1.54) is 6.92 Å². The summed E-state index contributed by atoms with van der Waals surface area (Å²) in [5, 5.41) is 2.44. The summed E-state index contributed by atoms with van der Waals surface area (Å²) < 4.78 is 5.12. The predicted octanol–water partition coefficient (Wildman–Crippen LogP) is -0.548. The fourth-order valence-corrected chi connectivity index (χ4v) is 1.53. The molecule has 0 unspecified atom stereocenters. The maximum Gasteiger partial charge on any atom is 0.328 e. The van der Waals surface area contributed by atoms with Gasteiger partial charge in [-0.2, -0.15) is 0 Å². The second-order valence-corrected chi connectivity index (χ2v) is 5.61. The van der Waals surface area contributed by atoms with Gasteiger partial charge in [-0.25, -0.2) is 9.59 Å². The number of H-pyrrole nitrogens is 2.